The van der Waals surface area contributed by atoms with Gasteiger partial charge in [0.1, 0.15) is 0 Å². The maximum Gasteiger partial charge on any atom is 0.255 e. The number of nitrogens with one attached hydrogen (secondary N) is 1. The van der Waals surface area contributed by atoms with Crippen molar-refractivity contribution in [2.45, 2.75) is 44.9 Å². The lowest BCUT2D eigenvalue weighted by atomic mass is 9.84. The van der Waals surface area contributed by atoms with E-state index in [1.807, 2.05) is 31.2 Å². The molecule has 0 aliphatic heterocycles. The summed E-state index contributed by atoms with van der Waals surface area (Å²) in [7, 11) is 0. The molecule has 0 spiro atoms. The fourth-order valence-corrected chi connectivity index (χ4v) is 3.31. The van der Waals surface area contributed by atoms with Crippen molar-refractivity contribution in [1.29, 1.82) is 0 Å². The molecule has 0 bridgehead atoms. The summed E-state index contributed by atoms with van der Waals surface area (Å²) in [4.78, 5) is 12.4. The molecule has 1 fully saturated rings. The Balaban J connectivity index is 0.00000208. The molecule has 1 amide bonds. The average Bonchev–Trinajstić information content (AvgIpc) is 2.59. The number of hydrogen-bond acceptors (Lipinski definition) is 2. The van der Waals surface area contributed by atoms with Crippen LogP contribution in [0.5, 0.6) is 0 Å². The molecule has 3 nitrogen and oxygen atoms in total. The predicted molar refractivity (Wildman–Crippen MR) is 103 cm³/mol. The van der Waals surface area contributed by atoms with E-state index in [4.69, 9.17) is 5.73 Å². The Hall–Kier alpha value is -2.00. The van der Waals surface area contributed by atoms with Crippen molar-refractivity contribution < 1.29 is 4.79 Å². The van der Waals surface area contributed by atoms with E-state index >= 15 is 0 Å². The van der Waals surface area contributed by atoms with Crippen LogP contribution in [0.1, 0.15) is 59.5 Å². The zero-order valence-electron chi connectivity index (χ0n) is 14.0. The van der Waals surface area contributed by atoms with Gasteiger partial charge in [0.15, 0.2) is 0 Å². The van der Waals surface area contributed by atoms with E-state index in [2.05, 4.69) is 17.4 Å². The van der Waals surface area contributed by atoms with Crippen molar-refractivity contribution in [2.24, 2.45) is 0 Å². The number of nitrogens with two attached hydrogens (primary N) is 1. The minimum absolute atomic E-state index is 0. The fourth-order valence-electron chi connectivity index (χ4n) is 3.31. The Kier molecular flexibility index (Phi) is 6.27. The Morgan fingerprint density at radius 2 is 1.71 bits per heavy atom. The van der Waals surface area contributed by atoms with E-state index in [-0.39, 0.29) is 18.3 Å². The van der Waals surface area contributed by atoms with Crippen molar-refractivity contribution in [2.75, 3.05) is 11.1 Å². The summed E-state index contributed by atoms with van der Waals surface area (Å²) >= 11 is 0. The molecule has 1 aliphatic rings. The third-order valence-corrected chi connectivity index (χ3v) is 4.76. The van der Waals surface area contributed by atoms with Gasteiger partial charge in [0.05, 0.1) is 0 Å². The quantitative estimate of drug-likeness (QED) is 0.742. The highest BCUT2D eigenvalue weighted by Crippen LogP contribution is 2.32. The van der Waals surface area contributed by atoms with Crippen molar-refractivity contribution >= 4 is 29.7 Å². The van der Waals surface area contributed by atoms with Gasteiger partial charge < -0.3 is 11.1 Å². The summed E-state index contributed by atoms with van der Waals surface area (Å²) in [5, 5.41) is 2.95. The minimum Gasteiger partial charge on any atom is -0.399 e. The molecule has 3 N–H and O–H groups in total. The number of rotatable bonds is 3. The number of nitrogen functional groups attached to an aromatic ring is 1. The number of carbonyl (C=O) groups is 1. The van der Waals surface area contributed by atoms with E-state index in [0.29, 0.717) is 17.2 Å². The summed E-state index contributed by atoms with van der Waals surface area (Å²) in [6.45, 7) is 1.96. The van der Waals surface area contributed by atoms with Crippen molar-refractivity contribution in [3.05, 3.63) is 59.2 Å². The van der Waals surface area contributed by atoms with Gasteiger partial charge in [0.2, 0.25) is 0 Å². The number of aryl methyl sites for hydroxylation is 1. The highest BCUT2D eigenvalue weighted by Gasteiger charge is 2.16. The van der Waals surface area contributed by atoms with Gasteiger partial charge >= 0.3 is 0 Å². The normalized spacial score (nSPS) is 14.7. The summed E-state index contributed by atoms with van der Waals surface area (Å²) in [6.07, 6.45) is 6.54. The maximum atomic E-state index is 12.4. The Bertz CT molecular complexity index is 691. The maximum absolute atomic E-state index is 12.4. The lowest BCUT2D eigenvalue weighted by Crippen LogP contribution is -2.13. The third-order valence-electron chi connectivity index (χ3n) is 4.76. The van der Waals surface area contributed by atoms with Gasteiger partial charge in [0.25, 0.3) is 5.91 Å². The molecule has 24 heavy (non-hydrogen) atoms. The largest absolute Gasteiger partial charge is 0.399 e. The Morgan fingerprint density at radius 1 is 1.04 bits per heavy atom. The fraction of sp³-hybridized carbons (Fsp3) is 0.350. The smallest absolute Gasteiger partial charge is 0.255 e. The van der Waals surface area contributed by atoms with Gasteiger partial charge in [-0.2, -0.15) is 0 Å². The number of benzene rings is 2. The number of amides is 1. The van der Waals surface area contributed by atoms with Crippen LogP contribution in [-0.4, -0.2) is 5.91 Å². The molecule has 0 radical (unpaired) electrons. The molecule has 4 heteroatoms. The first kappa shape index (κ1) is 18.3. The standard InChI is InChI=1S/C20H24N2O.ClH/c1-14-7-12-18(21)13-19(14)22-20(23)17-10-8-16(9-11-17)15-5-3-2-4-6-15;/h7-13,15H,2-6,21H2,1H3,(H,22,23);1H. The van der Waals surface area contributed by atoms with Gasteiger partial charge in [0, 0.05) is 16.9 Å². The summed E-state index contributed by atoms with van der Waals surface area (Å²) in [5.41, 5.74) is 10.3. The Labute approximate surface area is 150 Å². The molecule has 2 aromatic rings. The lowest BCUT2D eigenvalue weighted by Gasteiger charge is -2.22. The number of hydrogen-bond donors (Lipinski definition) is 2. The van der Waals surface area contributed by atoms with Crippen LogP contribution in [0.15, 0.2) is 42.5 Å². The molecule has 0 aromatic heterocycles. The summed E-state index contributed by atoms with van der Waals surface area (Å²) in [5.74, 6) is 0.575. The van der Waals surface area contributed by atoms with Crippen LogP contribution in [0.2, 0.25) is 0 Å². The van der Waals surface area contributed by atoms with Crippen molar-refractivity contribution in [3.63, 3.8) is 0 Å². The van der Waals surface area contributed by atoms with Crippen LogP contribution in [0.3, 0.4) is 0 Å². The number of carbonyl (C=O) groups excluding carboxylic acids is 1. The second kappa shape index (κ2) is 8.20. The summed E-state index contributed by atoms with van der Waals surface area (Å²) in [6, 6.07) is 13.6. The van der Waals surface area contributed by atoms with Gasteiger partial charge in [-0.3, -0.25) is 4.79 Å². The molecule has 1 aliphatic carbocycles. The van der Waals surface area contributed by atoms with Gasteiger partial charge in [-0.25, -0.2) is 0 Å². The first-order chi connectivity index (χ1) is 11.1. The second-order valence-corrected chi connectivity index (χ2v) is 6.49. The second-order valence-electron chi connectivity index (χ2n) is 6.49. The van der Waals surface area contributed by atoms with E-state index in [0.717, 1.165) is 11.3 Å². The molecule has 128 valence electrons. The van der Waals surface area contributed by atoms with Crippen LogP contribution in [0, 0.1) is 6.92 Å². The average molecular weight is 345 g/mol. The minimum atomic E-state index is -0.0890. The highest BCUT2D eigenvalue weighted by molar-refractivity contribution is 6.04. The van der Waals surface area contributed by atoms with Crippen molar-refractivity contribution in [1.82, 2.24) is 0 Å². The molecule has 0 atom stereocenters. The summed E-state index contributed by atoms with van der Waals surface area (Å²) < 4.78 is 0. The van der Waals surface area contributed by atoms with Gasteiger partial charge in [-0.15, -0.1) is 12.4 Å². The van der Waals surface area contributed by atoms with E-state index in [1.165, 1.54) is 37.7 Å². The van der Waals surface area contributed by atoms with E-state index in [9.17, 15) is 4.79 Å². The first-order valence-corrected chi connectivity index (χ1v) is 8.41. The SMILES string of the molecule is Cc1ccc(N)cc1NC(=O)c1ccc(C2CCCCC2)cc1.Cl. The van der Waals surface area contributed by atoms with Crippen molar-refractivity contribution in [3.8, 4) is 0 Å². The number of anilines is 2. The molecule has 0 heterocycles. The third kappa shape index (κ3) is 4.30. The van der Waals surface area contributed by atoms with Gasteiger partial charge in [-0.05, 0) is 61.1 Å². The molecule has 1 saturated carbocycles. The molecule has 2 aromatic carbocycles. The molecule has 0 unspecified atom stereocenters. The van der Waals surface area contributed by atoms with Crippen LogP contribution >= 0.6 is 12.4 Å². The van der Waals surface area contributed by atoms with Crippen LogP contribution in [0.4, 0.5) is 11.4 Å². The topological polar surface area (TPSA) is 55.1 Å². The van der Waals surface area contributed by atoms with E-state index in [1.54, 1.807) is 6.07 Å². The first-order valence-electron chi connectivity index (χ1n) is 8.41. The van der Waals surface area contributed by atoms with Crippen LogP contribution < -0.4 is 11.1 Å². The molecule has 0 saturated heterocycles. The molecular formula is C20H25ClN2O. The Morgan fingerprint density at radius 3 is 2.38 bits per heavy atom. The van der Waals surface area contributed by atoms with Gasteiger partial charge in [-0.1, -0.05) is 37.5 Å². The highest BCUT2D eigenvalue weighted by atomic mass is 35.5. The molecule has 3 rings (SSSR count). The predicted octanol–water partition coefficient (Wildman–Crippen LogP) is 5.30. The monoisotopic (exact) mass is 344 g/mol. The zero-order valence-corrected chi connectivity index (χ0v) is 14.9. The lowest BCUT2D eigenvalue weighted by molar-refractivity contribution is 0.102. The van der Waals surface area contributed by atoms with E-state index < -0.39 is 0 Å². The molecular weight excluding hydrogens is 320 g/mol. The van der Waals surface area contributed by atoms with Crippen LogP contribution in [-0.2, 0) is 0 Å². The zero-order chi connectivity index (χ0) is 16.2. The van der Waals surface area contributed by atoms with Crippen LogP contribution in [0.25, 0.3) is 0 Å². The number of halogens is 1.